The molecule has 0 aromatic heterocycles. The highest BCUT2D eigenvalue weighted by molar-refractivity contribution is 5.78. The van der Waals surface area contributed by atoms with Gasteiger partial charge in [0.05, 0.1) is 12.6 Å². The molecule has 4 nitrogen and oxygen atoms in total. The lowest BCUT2D eigenvalue weighted by Crippen LogP contribution is -2.37. The lowest BCUT2D eigenvalue weighted by molar-refractivity contribution is -0.135. The Kier molecular flexibility index (Phi) is 6.32. The summed E-state index contributed by atoms with van der Waals surface area (Å²) < 4.78 is 18.6. The number of aliphatic hydroxyl groups is 1. The number of carbonyl (C=O) groups excluding carboxylic acids is 1. The van der Waals surface area contributed by atoms with Gasteiger partial charge in [-0.25, -0.2) is 4.39 Å². The van der Waals surface area contributed by atoms with Crippen molar-refractivity contribution < 1.29 is 19.0 Å². The molecule has 1 atom stereocenters. The Morgan fingerprint density at radius 2 is 1.88 bits per heavy atom. The molecule has 0 aliphatic carbocycles. The van der Waals surface area contributed by atoms with E-state index in [1.807, 2.05) is 13.8 Å². The summed E-state index contributed by atoms with van der Waals surface area (Å²) in [4.78, 5) is 14.2. The second-order valence-electron chi connectivity index (χ2n) is 5.46. The van der Waals surface area contributed by atoms with Crippen molar-refractivity contribution in [1.82, 2.24) is 4.90 Å². The summed E-state index contributed by atoms with van der Waals surface area (Å²) in [6.07, 6.45) is 0. The van der Waals surface area contributed by atoms with E-state index in [-0.39, 0.29) is 31.0 Å². The lowest BCUT2D eigenvalue weighted by Gasteiger charge is -2.28. The van der Waals surface area contributed by atoms with Gasteiger partial charge in [-0.05, 0) is 37.6 Å². The molecule has 0 saturated heterocycles. The number of halogens is 1. The van der Waals surface area contributed by atoms with Crippen LogP contribution in [0.15, 0.2) is 48.5 Å². The molecule has 1 N–H and O–H groups in total. The predicted octanol–water partition coefficient (Wildman–Crippen LogP) is 3.31. The number of hydrogen-bond donors (Lipinski definition) is 1. The zero-order valence-electron chi connectivity index (χ0n) is 13.9. The molecule has 0 spiro atoms. The summed E-state index contributed by atoms with van der Waals surface area (Å²) in [5.74, 6) is 0.0326. The largest absolute Gasteiger partial charge is 0.483 e. The Hall–Kier alpha value is -2.40. The molecule has 2 rings (SSSR count). The minimum atomic E-state index is -0.302. The van der Waals surface area contributed by atoms with Gasteiger partial charge in [0.1, 0.15) is 11.6 Å². The van der Waals surface area contributed by atoms with Crippen LogP contribution in [0.2, 0.25) is 0 Å². The van der Waals surface area contributed by atoms with Crippen LogP contribution in [0.4, 0.5) is 4.39 Å². The van der Waals surface area contributed by atoms with E-state index in [1.54, 1.807) is 41.3 Å². The average molecular weight is 331 g/mol. The maximum atomic E-state index is 13.1. The van der Waals surface area contributed by atoms with Crippen LogP contribution in [0, 0.1) is 5.82 Å². The van der Waals surface area contributed by atoms with Crippen molar-refractivity contribution in [3.63, 3.8) is 0 Å². The molecule has 0 fully saturated rings. The third-order valence-corrected chi connectivity index (χ3v) is 3.98. The van der Waals surface area contributed by atoms with Gasteiger partial charge < -0.3 is 14.7 Å². The standard InChI is InChI=1S/C19H22FNO3/c1-3-21(14(2)15-8-10-17(20)11-9-15)19(23)13-24-18-7-5-4-6-16(18)12-22/h4-11,14,22H,3,12-13H2,1-2H3. The highest BCUT2D eigenvalue weighted by Gasteiger charge is 2.20. The van der Waals surface area contributed by atoms with Crippen LogP contribution < -0.4 is 4.74 Å². The summed E-state index contributed by atoms with van der Waals surface area (Å²) >= 11 is 0. The van der Waals surface area contributed by atoms with Crippen molar-refractivity contribution in [3.05, 3.63) is 65.5 Å². The Bertz CT molecular complexity index is 673. The SMILES string of the molecule is CCN(C(=O)COc1ccccc1CO)C(C)c1ccc(F)cc1. The molecule has 0 radical (unpaired) electrons. The van der Waals surface area contributed by atoms with Crippen LogP contribution in [0.25, 0.3) is 0 Å². The van der Waals surface area contributed by atoms with E-state index >= 15 is 0 Å². The molecule has 0 bridgehead atoms. The molecule has 0 saturated carbocycles. The summed E-state index contributed by atoms with van der Waals surface area (Å²) in [6, 6.07) is 13.0. The first-order valence-corrected chi connectivity index (χ1v) is 7.93. The molecular weight excluding hydrogens is 309 g/mol. The molecule has 128 valence electrons. The maximum absolute atomic E-state index is 13.1. The van der Waals surface area contributed by atoms with Gasteiger partial charge in [-0.3, -0.25) is 4.79 Å². The smallest absolute Gasteiger partial charge is 0.260 e. The van der Waals surface area contributed by atoms with Gasteiger partial charge in [-0.2, -0.15) is 0 Å². The zero-order chi connectivity index (χ0) is 17.5. The molecule has 0 aliphatic heterocycles. The van der Waals surface area contributed by atoms with Crippen LogP contribution >= 0.6 is 0 Å². The lowest BCUT2D eigenvalue weighted by atomic mass is 10.1. The Labute approximate surface area is 141 Å². The normalized spacial score (nSPS) is 11.8. The van der Waals surface area contributed by atoms with Crippen molar-refractivity contribution in [2.24, 2.45) is 0 Å². The third kappa shape index (κ3) is 4.32. The fourth-order valence-electron chi connectivity index (χ4n) is 2.59. The van der Waals surface area contributed by atoms with Crippen LogP contribution in [-0.2, 0) is 11.4 Å². The summed E-state index contributed by atoms with van der Waals surface area (Å²) in [5, 5.41) is 9.29. The van der Waals surface area contributed by atoms with Crippen molar-refractivity contribution in [2.75, 3.05) is 13.2 Å². The van der Waals surface area contributed by atoms with Gasteiger partial charge in [-0.15, -0.1) is 0 Å². The number of aliphatic hydroxyl groups excluding tert-OH is 1. The van der Waals surface area contributed by atoms with E-state index in [9.17, 15) is 14.3 Å². The van der Waals surface area contributed by atoms with E-state index in [2.05, 4.69) is 0 Å². The number of likely N-dealkylation sites (N-methyl/N-ethyl adjacent to an activating group) is 1. The molecule has 1 unspecified atom stereocenters. The topological polar surface area (TPSA) is 49.8 Å². The summed E-state index contributed by atoms with van der Waals surface area (Å²) in [7, 11) is 0. The Morgan fingerprint density at radius 3 is 2.50 bits per heavy atom. The maximum Gasteiger partial charge on any atom is 0.260 e. The van der Waals surface area contributed by atoms with Gasteiger partial charge >= 0.3 is 0 Å². The number of nitrogens with zero attached hydrogens (tertiary/aromatic N) is 1. The third-order valence-electron chi connectivity index (χ3n) is 3.98. The van der Waals surface area contributed by atoms with Gasteiger partial charge in [0.2, 0.25) is 0 Å². The number of hydrogen-bond acceptors (Lipinski definition) is 3. The van der Waals surface area contributed by atoms with Crippen LogP contribution in [0.3, 0.4) is 0 Å². The number of amides is 1. The first-order valence-electron chi connectivity index (χ1n) is 7.93. The van der Waals surface area contributed by atoms with Gasteiger partial charge in [0.15, 0.2) is 6.61 Å². The van der Waals surface area contributed by atoms with Crippen molar-refractivity contribution >= 4 is 5.91 Å². The van der Waals surface area contributed by atoms with E-state index in [0.717, 1.165) is 5.56 Å². The fraction of sp³-hybridized carbons (Fsp3) is 0.316. The van der Waals surface area contributed by atoms with Gasteiger partial charge in [0, 0.05) is 12.1 Å². The molecule has 0 aliphatic rings. The molecule has 2 aromatic rings. The second kappa shape index (κ2) is 8.45. The highest BCUT2D eigenvalue weighted by atomic mass is 19.1. The Balaban J connectivity index is 2.04. The fourth-order valence-corrected chi connectivity index (χ4v) is 2.59. The summed E-state index contributed by atoms with van der Waals surface area (Å²) in [5.41, 5.74) is 1.50. The van der Waals surface area contributed by atoms with Crippen molar-refractivity contribution in [1.29, 1.82) is 0 Å². The van der Waals surface area contributed by atoms with Gasteiger partial charge in [-0.1, -0.05) is 30.3 Å². The van der Waals surface area contributed by atoms with Gasteiger partial charge in [0.25, 0.3) is 5.91 Å². The van der Waals surface area contributed by atoms with Crippen LogP contribution in [0.5, 0.6) is 5.75 Å². The molecule has 0 heterocycles. The second-order valence-corrected chi connectivity index (χ2v) is 5.46. The Morgan fingerprint density at radius 1 is 1.21 bits per heavy atom. The monoisotopic (exact) mass is 331 g/mol. The first-order chi connectivity index (χ1) is 11.6. The number of para-hydroxylation sites is 1. The van der Waals surface area contributed by atoms with E-state index in [1.165, 1.54) is 12.1 Å². The number of ether oxygens (including phenoxy) is 1. The number of benzene rings is 2. The number of carbonyl (C=O) groups is 1. The molecular formula is C19H22FNO3. The highest BCUT2D eigenvalue weighted by Crippen LogP contribution is 2.22. The van der Waals surface area contributed by atoms with E-state index in [4.69, 9.17) is 4.74 Å². The first kappa shape index (κ1) is 17.9. The minimum Gasteiger partial charge on any atom is -0.483 e. The molecule has 24 heavy (non-hydrogen) atoms. The van der Waals surface area contributed by atoms with Crippen molar-refractivity contribution in [2.45, 2.75) is 26.5 Å². The predicted molar refractivity (Wildman–Crippen MR) is 90.1 cm³/mol. The molecule has 2 aromatic carbocycles. The minimum absolute atomic E-state index is 0.115. The number of rotatable bonds is 7. The van der Waals surface area contributed by atoms with Crippen molar-refractivity contribution in [3.8, 4) is 5.75 Å². The molecule has 1 amide bonds. The zero-order valence-corrected chi connectivity index (χ0v) is 13.9. The molecule has 5 heteroatoms. The summed E-state index contributed by atoms with van der Waals surface area (Å²) in [6.45, 7) is 4.04. The average Bonchev–Trinajstić information content (AvgIpc) is 2.61. The quantitative estimate of drug-likeness (QED) is 0.847. The van der Waals surface area contributed by atoms with Crippen LogP contribution in [0.1, 0.15) is 31.0 Å². The van der Waals surface area contributed by atoms with E-state index < -0.39 is 0 Å². The van der Waals surface area contributed by atoms with E-state index in [0.29, 0.717) is 17.9 Å². The van der Waals surface area contributed by atoms with Crippen LogP contribution in [-0.4, -0.2) is 29.1 Å².